The first-order valence-electron chi connectivity index (χ1n) is 10.3. The number of ether oxygens (including phenoxy) is 3. The molecule has 0 amide bonds. The van der Waals surface area contributed by atoms with Crippen molar-refractivity contribution in [2.24, 2.45) is 4.99 Å². The van der Waals surface area contributed by atoms with Gasteiger partial charge in [0.2, 0.25) is 5.90 Å². The van der Waals surface area contributed by atoms with Crippen molar-refractivity contribution in [1.82, 2.24) is 0 Å². The highest BCUT2D eigenvalue weighted by Crippen LogP contribution is 2.30. The Hall–Kier alpha value is -3.38. The lowest BCUT2D eigenvalue weighted by molar-refractivity contribution is -0.129. The molecule has 3 aromatic rings. The third-order valence-electron chi connectivity index (χ3n) is 4.77. The van der Waals surface area contributed by atoms with Crippen molar-refractivity contribution in [2.75, 3.05) is 13.2 Å². The van der Waals surface area contributed by atoms with Gasteiger partial charge in [-0.25, -0.2) is 9.79 Å². The third-order valence-corrected chi connectivity index (χ3v) is 5.30. The number of esters is 1. The maximum absolute atomic E-state index is 12.3. The lowest BCUT2D eigenvalue weighted by Gasteiger charge is -2.12. The van der Waals surface area contributed by atoms with Gasteiger partial charge in [-0.1, -0.05) is 52.3 Å². The lowest BCUT2D eigenvalue weighted by Crippen LogP contribution is -2.05. The molecule has 0 fully saturated rings. The molecule has 3 aromatic carbocycles. The van der Waals surface area contributed by atoms with E-state index in [2.05, 4.69) is 33.1 Å². The summed E-state index contributed by atoms with van der Waals surface area (Å²) in [5, 5.41) is 0. The van der Waals surface area contributed by atoms with E-state index >= 15 is 0 Å². The van der Waals surface area contributed by atoms with Crippen LogP contribution in [-0.4, -0.2) is 25.1 Å². The molecule has 1 aliphatic heterocycles. The number of hydrogen-bond acceptors (Lipinski definition) is 5. The van der Waals surface area contributed by atoms with Gasteiger partial charge < -0.3 is 14.2 Å². The first-order chi connectivity index (χ1) is 15.6. The summed E-state index contributed by atoms with van der Waals surface area (Å²) in [6, 6.07) is 23.2. The fourth-order valence-corrected chi connectivity index (χ4v) is 3.47. The molecule has 0 saturated carbocycles. The first kappa shape index (κ1) is 21.8. The summed E-state index contributed by atoms with van der Waals surface area (Å²) >= 11 is 3.39. The minimum atomic E-state index is -0.482. The summed E-state index contributed by atoms with van der Waals surface area (Å²) in [4.78, 5) is 16.7. The highest BCUT2D eigenvalue weighted by atomic mass is 79.9. The molecule has 0 unspecified atom stereocenters. The highest BCUT2D eigenvalue weighted by molar-refractivity contribution is 9.10. The molecule has 0 aromatic heterocycles. The number of carbonyl (C=O) groups excluding carboxylic acids is 1. The van der Waals surface area contributed by atoms with E-state index in [-0.39, 0.29) is 5.70 Å². The van der Waals surface area contributed by atoms with Crippen LogP contribution in [0.2, 0.25) is 0 Å². The molecule has 0 atom stereocenters. The molecule has 0 N–H and O–H groups in total. The summed E-state index contributed by atoms with van der Waals surface area (Å²) in [5.41, 5.74) is 2.97. The van der Waals surface area contributed by atoms with Gasteiger partial charge in [-0.2, -0.15) is 0 Å². The van der Waals surface area contributed by atoms with Crippen LogP contribution in [0.1, 0.15) is 23.6 Å². The van der Waals surface area contributed by atoms with Crippen LogP contribution in [0.3, 0.4) is 0 Å². The van der Waals surface area contributed by atoms with Crippen LogP contribution in [-0.2, 0) is 16.0 Å². The van der Waals surface area contributed by atoms with Gasteiger partial charge in [0.05, 0.1) is 13.2 Å². The van der Waals surface area contributed by atoms with Crippen LogP contribution in [0.4, 0.5) is 0 Å². The van der Waals surface area contributed by atoms with E-state index in [0.29, 0.717) is 30.6 Å². The molecule has 162 valence electrons. The molecule has 0 saturated heterocycles. The van der Waals surface area contributed by atoms with E-state index in [0.717, 1.165) is 22.0 Å². The predicted octanol–water partition coefficient (Wildman–Crippen LogP) is 5.81. The van der Waals surface area contributed by atoms with Crippen molar-refractivity contribution in [3.05, 3.63) is 99.7 Å². The molecule has 4 rings (SSSR count). The average Bonchev–Trinajstić information content (AvgIpc) is 3.16. The molecule has 32 heavy (non-hydrogen) atoms. The molecular weight excluding hydrogens is 470 g/mol. The Bertz CT molecular complexity index is 1150. The fourth-order valence-electron chi connectivity index (χ4n) is 3.21. The van der Waals surface area contributed by atoms with Gasteiger partial charge in [0, 0.05) is 16.5 Å². The summed E-state index contributed by atoms with van der Waals surface area (Å²) in [5.74, 6) is 1.10. The van der Waals surface area contributed by atoms with Gasteiger partial charge in [0.25, 0.3) is 0 Å². The Balaban J connectivity index is 1.50. The van der Waals surface area contributed by atoms with Crippen LogP contribution < -0.4 is 9.47 Å². The molecule has 1 heterocycles. The Morgan fingerprint density at radius 1 is 0.969 bits per heavy atom. The second-order valence-corrected chi connectivity index (χ2v) is 7.98. The maximum atomic E-state index is 12.3. The Labute approximate surface area is 195 Å². The molecular formula is C26H22BrNO4. The van der Waals surface area contributed by atoms with Crippen molar-refractivity contribution in [3.8, 4) is 11.5 Å². The highest BCUT2D eigenvalue weighted by Gasteiger charge is 2.24. The number of hydrogen-bond donors (Lipinski definition) is 0. The predicted molar refractivity (Wildman–Crippen MR) is 128 cm³/mol. The smallest absolute Gasteiger partial charge is 0.363 e. The summed E-state index contributed by atoms with van der Waals surface area (Å²) in [6.45, 7) is 2.96. The van der Waals surface area contributed by atoms with Crippen LogP contribution in [0.25, 0.3) is 6.08 Å². The number of benzene rings is 3. The quantitative estimate of drug-likeness (QED) is 0.294. The lowest BCUT2D eigenvalue weighted by atomic mass is 10.1. The molecule has 0 spiro atoms. The number of rotatable bonds is 8. The number of halogens is 1. The van der Waals surface area contributed by atoms with E-state index < -0.39 is 5.97 Å². The maximum Gasteiger partial charge on any atom is 0.363 e. The minimum absolute atomic E-state index is 0.239. The average molecular weight is 492 g/mol. The molecule has 0 aliphatic carbocycles. The van der Waals surface area contributed by atoms with Crippen molar-refractivity contribution >= 4 is 33.9 Å². The number of carbonyl (C=O) groups is 1. The topological polar surface area (TPSA) is 57.1 Å². The number of aliphatic imine (C=N–C) groups is 1. The van der Waals surface area contributed by atoms with Crippen molar-refractivity contribution in [3.63, 3.8) is 0 Å². The zero-order valence-corrected chi connectivity index (χ0v) is 19.2. The SMILES string of the molecule is CCOc1cc(/C=C2\N=C(c3ccc(Br)cc3)OC2=O)ccc1OCCc1ccccc1. The molecule has 1 aliphatic rings. The van der Waals surface area contributed by atoms with Crippen LogP contribution >= 0.6 is 15.9 Å². The molecule has 5 nitrogen and oxygen atoms in total. The van der Waals surface area contributed by atoms with Gasteiger partial charge in [-0.15, -0.1) is 0 Å². The van der Waals surface area contributed by atoms with Gasteiger partial charge in [0.1, 0.15) is 0 Å². The van der Waals surface area contributed by atoms with Gasteiger partial charge in [-0.05, 0) is 60.5 Å². The molecule has 0 bridgehead atoms. The third kappa shape index (κ3) is 5.45. The first-order valence-corrected chi connectivity index (χ1v) is 11.1. The Morgan fingerprint density at radius 2 is 1.75 bits per heavy atom. The Kier molecular flexibility index (Phi) is 7.02. The van der Waals surface area contributed by atoms with E-state index in [1.54, 1.807) is 6.08 Å². The zero-order chi connectivity index (χ0) is 22.3. The second kappa shape index (κ2) is 10.3. The van der Waals surface area contributed by atoms with Gasteiger partial charge >= 0.3 is 5.97 Å². The fraction of sp³-hybridized carbons (Fsp3) is 0.154. The van der Waals surface area contributed by atoms with E-state index in [4.69, 9.17) is 14.2 Å². The van der Waals surface area contributed by atoms with Crippen molar-refractivity contribution < 1.29 is 19.0 Å². The van der Waals surface area contributed by atoms with Crippen LogP contribution in [0.15, 0.2) is 88.0 Å². The van der Waals surface area contributed by atoms with E-state index in [1.807, 2.05) is 67.6 Å². The number of nitrogens with zero attached hydrogens (tertiary/aromatic N) is 1. The summed E-state index contributed by atoms with van der Waals surface area (Å²) < 4.78 is 18.0. The summed E-state index contributed by atoms with van der Waals surface area (Å²) in [6.07, 6.45) is 2.49. The van der Waals surface area contributed by atoms with Gasteiger partial charge in [0.15, 0.2) is 17.2 Å². The van der Waals surface area contributed by atoms with Crippen LogP contribution in [0, 0.1) is 0 Å². The van der Waals surface area contributed by atoms with E-state index in [9.17, 15) is 4.79 Å². The zero-order valence-electron chi connectivity index (χ0n) is 17.6. The summed E-state index contributed by atoms with van der Waals surface area (Å²) in [7, 11) is 0. The van der Waals surface area contributed by atoms with Crippen molar-refractivity contribution in [1.29, 1.82) is 0 Å². The Morgan fingerprint density at radius 3 is 2.50 bits per heavy atom. The second-order valence-electron chi connectivity index (χ2n) is 7.07. The van der Waals surface area contributed by atoms with E-state index in [1.165, 1.54) is 5.56 Å². The number of cyclic esters (lactones) is 1. The molecule has 6 heteroatoms. The largest absolute Gasteiger partial charge is 0.490 e. The van der Waals surface area contributed by atoms with Crippen molar-refractivity contribution in [2.45, 2.75) is 13.3 Å². The van der Waals surface area contributed by atoms with Gasteiger partial charge in [-0.3, -0.25) is 0 Å². The standard InChI is InChI=1S/C26H22BrNO4/c1-2-30-24-17-19(8-13-23(24)31-15-14-18-6-4-3-5-7-18)16-22-26(29)32-25(28-22)20-9-11-21(27)12-10-20/h3-13,16-17H,2,14-15H2,1H3/b22-16-. The normalized spacial score (nSPS) is 14.2. The monoisotopic (exact) mass is 491 g/mol. The van der Waals surface area contributed by atoms with Crippen LogP contribution in [0.5, 0.6) is 11.5 Å². The molecule has 0 radical (unpaired) electrons. The minimum Gasteiger partial charge on any atom is -0.490 e.